The number of anilines is 2. The summed E-state index contributed by atoms with van der Waals surface area (Å²) in [7, 11) is 0. The van der Waals surface area contributed by atoms with E-state index in [1.165, 1.54) is 5.69 Å². The molecule has 0 bridgehead atoms. The van der Waals surface area contributed by atoms with Gasteiger partial charge in [-0.15, -0.1) is 10.2 Å². The van der Waals surface area contributed by atoms with E-state index in [2.05, 4.69) is 32.1 Å². The lowest BCUT2D eigenvalue weighted by atomic mass is 10.1. The van der Waals surface area contributed by atoms with Crippen LogP contribution in [0.25, 0.3) is 11.3 Å². The second kappa shape index (κ2) is 7.11. The van der Waals surface area contributed by atoms with Crippen LogP contribution in [0.3, 0.4) is 0 Å². The topological polar surface area (TPSA) is 32.3 Å². The summed E-state index contributed by atoms with van der Waals surface area (Å²) in [5, 5.41) is 9.60. The Morgan fingerprint density at radius 2 is 1.48 bits per heavy atom. The van der Waals surface area contributed by atoms with E-state index in [1.807, 2.05) is 54.6 Å². The van der Waals surface area contributed by atoms with Crippen LogP contribution in [0.4, 0.5) is 11.5 Å². The van der Waals surface area contributed by atoms with Gasteiger partial charge in [0.05, 0.1) is 5.69 Å². The van der Waals surface area contributed by atoms with Crippen molar-refractivity contribution < 1.29 is 0 Å². The summed E-state index contributed by atoms with van der Waals surface area (Å²) in [5.41, 5.74) is 3.17. The molecule has 0 saturated carbocycles. The Labute approximate surface area is 152 Å². The van der Waals surface area contributed by atoms with Gasteiger partial charge in [-0.3, -0.25) is 0 Å². The van der Waals surface area contributed by atoms with Crippen molar-refractivity contribution in [2.24, 2.45) is 0 Å². The number of halogens is 1. The summed E-state index contributed by atoms with van der Waals surface area (Å²) in [5.74, 6) is 0.936. The smallest absolute Gasteiger partial charge is 0.151 e. The van der Waals surface area contributed by atoms with E-state index in [9.17, 15) is 0 Å². The first-order valence-electron chi connectivity index (χ1n) is 8.44. The third-order valence-electron chi connectivity index (χ3n) is 4.50. The van der Waals surface area contributed by atoms with E-state index in [4.69, 9.17) is 11.6 Å². The third kappa shape index (κ3) is 3.59. The first kappa shape index (κ1) is 15.9. The van der Waals surface area contributed by atoms with Gasteiger partial charge in [-0.2, -0.15) is 0 Å². The molecule has 0 spiro atoms. The zero-order chi connectivity index (χ0) is 17.1. The minimum Gasteiger partial charge on any atom is -0.368 e. The van der Waals surface area contributed by atoms with Gasteiger partial charge < -0.3 is 9.80 Å². The monoisotopic (exact) mass is 350 g/mol. The van der Waals surface area contributed by atoms with Crippen molar-refractivity contribution in [3.63, 3.8) is 0 Å². The van der Waals surface area contributed by atoms with E-state index >= 15 is 0 Å². The molecule has 0 amide bonds. The molecule has 25 heavy (non-hydrogen) atoms. The quantitative estimate of drug-likeness (QED) is 0.711. The van der Waals surface area contributed by atoms with E-state index in [1.54, 1.807) is 0 Å². The van der Waals surface area contributed by atoms with Crippen LogP contribution in [-0.4, -0.2) is 36.4 Å². The van der Waals surface area contributed by atoms with Crippen LogP contribution < -0.4 is 9.80 Å². The number of rotatable bonds is 3. The van der Waals surface area contributed by atoms with Gasteiger partial charge in [-0.1, -0.05) is 48.0 Å². The highest BCUT2D eigenvalue weighted by atomic mass is 35.5. The number of piperazine rings is 1. The Bertz CT molecular complexity index is 828. The summed E-state index contributed by atoms with van der Waals surface area (Å²) < 4.78 is 0. The lowest BCUT2D eigenvalue weighted by Gasteiger charge is -2.36. The maximum atomic E-state index is 6.10. The maximum absolute atomic E-state index is 6.10. The molecule has 126 valence electrons. The molecule has 4 nitrogen and oxygen atoms in total. The molecule has 1 aliphatic heterocycles. The van der Waals surface area contributed by atoms with Crippen molar-refractivity contribution in [3.05, 3.63) is 71.8 Å². The predicted octanol–water partition coefficient (Wildman–Crippen LogP) is 4.12. The highest BCUT2D eigenvalue weighted by molar-refractivity contribution is 6.30. The standard InChI is InChI=1S/C20H19ClN4/c21-17-7-4-8-18(15-17)24-11-13-25(14-12-24)20-10-9-19(22-23-20)16-5-2-1-3-6-16/h1-10,15H,11-14H2. The Morgan fingerprint density at radius 3 is 2.16 bits per heavy atom. The Balaban J connectivity index is 1.42. The summed E-state index contributed by atoms with van der Waals surface area (Å²) >= 11 is 6.10. The molecule has 1 saturated heterocycles. The molecule has 0 unspecified atom stereocenters. The molecular formula is C20H19ClN4. The van der Waals surface area contributed by atoms with Crippen LogP contribution in [0.15, 0.2) is 66.7 Å². The summed E-state index contributed by atoms with van der Waals surface area (Å²) in [6.07, 6.45) is 0. The number of hydrogen-bond donors (Lipinski definition) is 0. The molecule has 1 aliphatic rings. The van der Waals surface area contributed by atoms with Gasteiger partial charge in [-0.25, -0.2) is 0 Å². The number of hydrogen-bond acceptors (Lipinski definition) is 4. The molecule has 0 atom stereocenters. The highest BCUT2D eigenvalue weighted by Crippen LogP contribution is 2.23. The van der Waals surface area contributed by atoms with Crippen molar-refractivity contribution in [2.75, 3.05) is 36.0 Å². The summed E-state index contributed by atoms with van der Waals surface area (Å²) in [4.78, 5) is 4.64. The zero-order valence-electron chi connectivity index (χ0n) is 13.8. The van der Waals surface area contributed by atoms with E-state index in [0.717, 1.165) is 48.3 Å². The fourth-order valence-corrected chi connectivity index (χ4v) is 3.31. The van der Waals surface area contributed by atoms with Crippen molar-refractivity contribution >= 4 is 23.1 Å². The van der Waals surface area contributed by atoms with Crippen LogP contribution in [0.1, 0.15) is 0 Å². The molecule has 0 aliphatic carbocycles. The van der Waals surface area contributed by atoms with Gasteiger partial charge in [0.1, 0.15) is 0 Å². The fourth-order valence-electron chi connectivity index (χ4n) is 3.12. The maximum Gasteiger partial charge on any atom is 0.151 e. The summed E-state index contributed by atoms with van der Waals surface area (Å²) in [6, 6.07) is 22.3. The van der Waals surface area contributed by atoms with E-state index < -0.39 is 0 Å². The minimum absolute atomic E-state index is 0.780. The average Bonchev–Trinajstić information content (AvgIpc) is 2.69. The predicted molar refractivity (Wildman–Crippen MR) is 103 cm³/mol. The van der Waals surface area contributed by atoms with Crippen LogP contribution in [0, 0.1) is 0 Å². The first-order valence-corrected chi connectivity index (χ1v) is 8.82. The van der Waals surface area contributed by atoms with Gasteiger partial charge in [0.15, 0.2) is 5.82 Å². The van der Waals surface area contributed by atoms with Gasteiger partial charge in [-0.05, 0) is 30.3 Å². The average molecular weight is 351 g/mol. The Morgan fingerprint density at radius 1 is 0.720 bits per heavy atom. The van der Waals surface area contributed by atoms with Gasteiger partial charge >= 0.3 is 0 Å². The first-order chi connectivity index (χ1) is 12.3. The van der Waals surface area contributed by atoms with Gasteiger partial charge in [0, 0.05) is 42.5 Å². The molecule has 2 heterocycles. The third-order valence-corrected chi connectivity index (χ3v) is 4.73. The number of aromatic nitrogens is 2. The normalized spacial score (nSPS) is 14.6. The highest BCUT2D eigenvalue weighted by Gasteiger charge is 2.18. The van der Waals surface area contributed by atoms with Crippen molar-refractivity contribution in [1.29, 1.82) is 0 Å². The Hall–Kier alpha value is -2.59. The molecule has 0 radical (unpaired) electrons. The van der Waals surface area contributed by atoms with Gasteiger partial charge in [0.25, 0.3) is 0 Å². The van der Waals surface area contributed by atoms with E-state index in [0.29, 0.717) is 0 Å². The largest absolute Gasteiger partial charge is 0.368 e. The van der Waals surface area contributed by atoms with Crippen LogP contribution >= 0.6 is 11.6 Å². The van der Waals surface area contributed by atoms with Crippen LogP contribution in [0.5, 0.6) is 0 Å². The SMILES string of the molecule is Clc1cccc(N2CCN(c3ccc(-c4ccccc4)nn3)CC2)c1. The van der Waals surface area contributed by atoms with Crippen LogP contribution in [-0.2, 0) is 0 Å². The number of benzene rings is 2. The molecule has 1 fully saturated rings. The second-order valence-corrected chi connectivity index (χ2v) is 6.53. The van der Waals surface area contributed by atoms with Crippen molar-refractivity contribution in [1.82, 2.24) is 10.2 Å². The van der Waals surface area contributed by atoms with Gasteiger partial charge in [0.2, 0.25) is 0 Å². The molecule has 5 heteroatoms. The molecule has 4 rings (SSSR count). The van der Waals surface area contributed by atoms with Crippen molar-refractivity contribution in [2.45, 2.75) is 0 Å². The zero-order valence-corrected chi connectivity index (χ0v) is 14.6. The van der Waals surface area contributed by atoms with E-state index in [-0.39, 0.29) is 0 Å². The summed E-state index contributed by atoms with van der Waals surface area (Å²) in [6.45, 7) is 3.74. The fraction of sp³-hybridized carbons (Fsp3) is 0.200. The second-order valence-electron chi connectivity index (χ2n) is 6.10. The molecular weight excluding hydrogens is 332 g/mol. The molecule has 0 N–H and O–H groups in total. The van der Waals surface area contributed by atoms with Crippen LogP contribution in [0.2, 0.25) is 5.02 Å². The Kier molecular flexibility index (Phi) is 4.53. The lowest BCUT2D eigenvalue weighted by molar-refractivity contribution is 0.644. The minimum atomic E-state index is 0.780. The van der Waals surface area contributed by atoms with Crippen molar-refractivity contribution in [3.8, 4) is 11.3 Å². The lowest BCUT2D eigenvalue weighted by Crippen LogP contribution is -2.46. The molecule has 3 aromatic rings. The molecule has 1 aromatic heterocycles. The molecule has 2 aromatic carbocycles. The number of nitrogens with zero attached hydrogens (tertiary/aromatic N) is 4.